The summed E-state index contributed by atoms with van der Waals surface area (Å²) in [6.45, 7) is -0.261. The summed E-state index contributed by atoms with van der Waals surface area (Å²) in [4.78, 5) is 25.8. The number of hydrogen-bond donors (Lipinski definition) is 0. The summed E-state index contributed by atoms with van der Waals surface area (Å²) in [6, 6.07) is 3.58. The van der Waals surface area contributed by atoms with E-state index in [2.05, 4.69) is 0 Å². The first kappa shape index (κ1) is 21.1. The lowest BCUT2D eigenvalue weighted by Gasteiger charge is -2.31. The summed E-state index contributed by atoms with van der Waals surface area (Å²) in [5, 5.41) is 0.370. The Morgan fingerprint density at radius 1 is 1.19 bits per heavy atom. The van der Waals surface area contributed by atoms with Crippen molar-refractivity contribution in [1.82, 2.24) is 4.90 Å². The minimum atomic E-state index is -0.591. The molecule has 1 fully saturated rings. The monoisotopic (exact) mass is 395 g/mol. The highest BCUT2D eigenvalue weighted by atomic mass is 35.5. The van der Waals surface area contributed by atoms with E-state index in [-0.39, 0.29) is 18.6 Å². The lowest BCUT2D eigenvalue weighted by molar-refractivity contribution is -0.148. The van der Waals surface area contributed by atoms with Crippen LogP contribution in [0.1, 0.15) is 37.7 Å². The third-order valence-corrected chi connectivity index (χ3v) is 5.00. The van der Waals surface area contributed by atoms with Crippen molar-refractivity contribution >= 4 is 29.6 Å². The van der Waals surface area contributed by atoms with Crippen LogP contribution in [0.5, 0.6) is 11.5 Å². The quantitative estimate of drug-likeness (QED) is 0.520. The number of likely N-dealkylation sites (N-methyl/N-ethyl adjacent to an activating group) is 1. The SMILES string of the molecule is COc1cc(/C=C/C(=O)OCC(=O)N(C)C2CCCCC2)cc(Cl)c1OC. The van der Waals surface area contributed by atoms with Crippen LogP contribution in [0.15, 0.2) is 18.2 Å². The lowest BCUT2D eigenvalue weighted by atomic mass is 9.94. The third kappa shape index (κ3) is 5.89. The van der Waals surface area contributed by atoms with Gasteiger partial charge in [-0.1, -0.05) is 30.9 Å². The van der Waals surface area contributed by atoms with Crippen molar-refractivity contribution in [2.24, 2.45) is 0 Å². The van der Waals surface area contributed by atoms with Crippen LogP contribution in [0.3, 0.4) is 0 Å². The summed E-state index contributed by atoms with van der Waals surface area (Å²) in [5.74, 6) is 0.113. The molecule has 148 valence electrons. The Hall–Kier alpha value is -2.21. The van der Waals surface area contributed by atoms with Crippen LogP contribution in [-0.4, -0.2) is 50.7 Å². The molecule has 1 aromatic carbocycles. The Morgan fingerprint density at radius 3 is 2.52 bits per heavy atom. The molecule has 0 aliphatic heterocycles. The molecule has 0 spiro atoms. The molecule has 1 aliphatic carbocycles. The zero-order valence-corrected chi connectivity index (χ0v) is 16.8. The van der Waals surface area contributed by atoms with Crippen molar-refractivity contribution in [2.45, 2.75) is 38.1 Å². The third-order valence-electron chi connectivity index (χ3n) is 4.72. The second kappa shape index (κ2) is 10.2. The molecule has 0 bridgehead atoms. The topological polar surface area (TPSA) is 65.1 Å². The second-order valence-corrected chi connectivity index (χ2v) is 6.88. The molecular formula is C20H26ClNO5. The predicted molar refractivity (Wildman–Crippen MR) is 104 cm³/mol. The standard InChI is InChI=1S/C20H26ClNO5/c1-22(15-7-5-4-6-8-15)18(23)13-27-19(24)10-9-14-11-16(21)20(26-3)17(12-14)25-2/h9-12,15H,4-8,13H2,1-3H3/b10-9+. The van der Waals surface area contributed by atoms with E-state index in [1.807, 2.05) is 0 Å². The average Bonchev–Trinajstić information content (AvgIpc) is 2.69. The summed E-state index contributed by atoms with van der Waals surface area (Å²) < 4.78 is 15.5. The number of hydrogen-bond acceptors (Lipinski definition) is 5. The van der Waals surface area contributed by atoms with Gasteiger partial charge in [-0.05, 0) is 36.6 Å². The maximum Gasteiger partial charge on any atom is 0.331 e. The number of nitrogens with zero attached hydrogens (tertiary/aromatic N) is 1. The lowest BCUT2D eigenvalue weighted by Crippen LogP contribution is -2.40. The molecule has 27 heavy (non-hydrogen) atoms. The molecule has 6 nitrogen and oxygen atoms in total. The average molecular weight is 396 g/mol. The number of methoxy groups -OCH3 is 2. The van der Waals surface area contributed by atoms with Crippen molar-refractivity contribution in [3.8, 4) is 11.5 Å². The van der Waals surface area contributed by atoms with E-state index in [0.29, 0.717) is 22.1 Å². The first-order chi connectivity index (χ1) is 13.0. The smallest absolute Gasteiger partial charge is 0.331 e. The number of amides is 1. The fraction of sp³-hybridized carbons (Fsp3) is 0.500. The number of carbonyl (C=O) groups is 2. The zero-order chi connectivity index (χ0) is 19.8. The number of carbonyl (C=O) groups excluding carboxylic acids is 2. The number of halogens is 1. The molecule has 0 N–H and O–H groups in total. The molecule has 0 atom stereocenters. The molecule has 2 rings (SSSR count). The maximum absolute atomic E-state index is 12.2. The largest absolute Gasteiger partial charge is 0.493 e. The summed E-state index contributed by atoms with van der Waals surface area (Å²) in [6.07, 6.45) is 8.32. The number of rotatable bonds is 7. The van der Waals surface area contributed by atoms with Crippen LogP contribution in [0.25, 0.3) is 6.08 Å². The zero-order valence-electron chi connectivity index (χ0n) is 16.0. The molecule has 1 saturated carbocycles. The minimum absolute atomic E-state index is 0.183. The number of esters is 1. The molecule has 1 aromatic rings. The Balaban J connectivity index is 1.89. The first-order valence-corrected chi connectivity index (χ1v) is 9.36. The molecule has 0 saturated heterocycles. The Bertz CT molecular complexity index is 698. The van der Waals surface area contributed by atoms with Crippen molar-refractivity contribution in [1.29, 1.82) is 0 Å². The summed E-state index contributed by atoms with van der Waals surface area (Å²) >= 11 is 6.13. The van der Waals surface area contributed by atoms with Gasteiger partial charge in [-0.3, -0.25) is 4.79 Å². The van der Waals surface area contributed by atoms with Crippen LogP contribution in [-0.2, 0) is 14.3 Å². The fourth-order valence-electron chi connectivity index (χ4n) is 3.15. The highest BCUT2D eigenvalue weighted by Gasteiger charge is 2.22. The van der Waals surface area contributed by atoms with E-state index in [0.717, 1.165) is 25.7 Å². The van der Waals surface area contributed by atoms with Gasteiger partial charge in [0.25, 0.3) is 5.91 Å². The van der Waals surface area contributed by atoms with Gasteiger partial charge in [0.2, 0.25) is 0 Å². The van der Waals surface area contributed by atoms with Crippen LogP contribution >= 0.6 is 11.6 Å². The van der Waals surface area contributed by atoms with E-state index >= 15 is 0 Å². The van der Waals surface area contributed by atoms with Gasteiger partial charge in [0.1, 0.15) is 0 Å². The molecule has 0 unspecified atom stereocenters. The van der Waals surface area contributed by atoms with Gasteiger partial charge in [0, 0.05) is 19.2 Å². The summed E-state index contributed by atoms with van der Waals surface area (Å²) in [5.41, 5.74) is 0.653. The molecule has 0 radical (unpaired) electrons. The van der Waals surface area contributed by atoms with E-state index in [1.165, 1.54) is 26.7 Å². The molecule has 1 aliphatic rings. The second-order valence-electron chi connectivity index (χ2n) is 6.48. The van der Waals surface area contributed by atoms with Gasteiger partial charge in [0.15, 0.2) is 18.1 Å². The number of benzene rings is 1. The minimum Gasteiger partial charge on any atom is -0.493 e. The van der Waals surface area contributed by atoms with Gasteiger partial charge in [-0.2, -0.15) is 0 Å². The van der Waals surface area contributed by atoms with Crippen LogP contribution in [0.4, 0.5) is 0 Å². The normalized spacial score (nSPS) is 14.8. The predicted octanol–water partition coefficient (Wildman–Crippen LogP) is 3.70. The van der Waals surface area contributed by atoms with Gasteiger partial charge >= 0.3 is 5.97 Å². The van der Waals surface area contributed by atoms with E-state index in [4.69, 9.17) is 25.8 Å². The Kier molecular flexibility index (Phi) is 7.98. The molecule has 1 amide bonds. The van der Waals surface area contributed by atoms with Gasteiger partial charge in [-0.25, -0.2) is 4.79 Å². The molecule has 0 heterocycles. The Labute approximate surface area is 165 Å². The van der Waals surface area contributed by atoms with Crippen LogP contribution in [0.2, 0.25) is 5.02 Å². The highest BCUT2D eigenvalue weighted by molar-refractivity contribution is 6.32. The highest BCUT2D eigenvalue weighted by Crippen LogP contribution is 2.36. The summed E-state index contributed by atoms with van der Waals surface area (Å²) in [7, 11) is 4.77. The van der Waals surface area contributed by atoms with Gasteiger partial charge in [0.05, 0.1) is 19.2 Å². The number of ether oxygens (including phenoxy) is 3. The van der Waals surface area contributed by atoms with Crippen molar-refractivity contribution in [2.75, 3.05) is 27.9 Å². The first-order valence-electron chi connectivity index (χ1n) is 8.98. The van der Waals surface area contributed by atoms with E-state index < -0.39 is 5.97 Å². The van der Waals surface area contributed by atoms with Crippen LogP contribution < -0.4 is 9.47 Å². The fourth-order valence-corrected chi connectivity index (χ4v) is 3.45. The molecule has 0 aromatic heterocycles. The van der Waals surface area contributed by atoms with E-state index in [9.17, 15) is 9.59 Å². The molecule has 7 heteroatoms. The van der Waals surface area contributed by atoms with E-state index in [1.54, 1.807) is 30.2 Å². The maximum atomic E-state index is 12.2. The van der Waals surface area contributed by atoms with Crippen molar-refractivity contribution in [3.05, 3.63) is 28.8 Å². The van der Waals surface area contributed by atoms with Crippen LogP contribution in [0, 0.1) is 0 Å². The Morgan fingerprint density at radius 2 is 1.89 bits per heavy atom. The van der Waals surface area contributed by atoms with Gasteiger partial charge < -0.3 is 19.1 Å². The van der Waals surface area contributed by atoms with Crippen molar-refractivity contribution in [3.63, 3.8) is 0 Å². The van der Waals surface area contributed by atoms with Crippen molar-refractivity contribution < 1.29 is 23.8 Å². The van der Waals surface area contributed by atoms with Gasteiger partial charge in [-0.15, -0.1) is 0 Å². The molecular weight excluding hydrogens is 370 g/mol.